The number of benzene rings is 2. The van der Waals surface area contributed by atoms with Crippen molar-refractivity contribution in [2.75, 3.05) is 5.75 Å². The fourth-order valence-corrected chi connectivity index (χ4v) is 3.53. The van der Waals surface area contributed by atoms with Gasteiger partial charge in [0.1, 0.15) is 5.82 Å². The minimum Gasteiger partial charge on any atom is -0.293 e. The molecule has 132 valence electrons. The van der Waals surface area contributed by atoms with Gasteiger partial charge in [0.15, 0.2) is 10.9 Å². The van der Waals surface area contributed by atoms with Crippen LogP contribution in [0.5, 0.6) is 0 Å². The fourth-order valence-electron chi connectivity index (χ4n) is 2.47. The summed E-state index contributed by atoms with van der Waals surface area (Å²) in [4.78, 5) is 29.5. The van der Waals surface area contributed by atoms with Gasteiger partial charge in [0.2, 0.25) is 0 Å². The first-order chi connectivity index (χ1) is 12.5. The van der Waals surface area contributed by atoms with Crippen LogP contribution < -0.4 is 5.56 Å². The van der Waals surface area contributed by atoms with E-state index in [4.69, 9.17) is 11.6 Å². The van der Waals surface area contributed by atoms with E-state index in [1.807, 2.05) is 0 Å². The molecule has 0 aliphatic heterocycles. The van der Waals surface area contributed by atoms with Crippen molar-refractivity contribution in [3.05, 3.63) is 81.9 Å². The maximum absolute atomic E-state index is 13.7. The third kappa shape index (κ3) is 3.71. The number of nitrogens with zero attached hydrogens (tertiary/aromatic N) is 2. The highest BCUT2D eigenvalue weighted by Gasteiger charge is 2.15. The number of Topliss-reactive ketones (excluding diaryl/α,β-unsaturated/α-hetero) is 1. The standard InChI is InChI=1S/C19H14ClFN2O2S/c1-2-9-23-18(25)14-10-12(20)7-8-16(14)22-19(23)26-11-17(24)13-5-3-4-6-15(13)21/h2-8,10H,1,9,11H2. The zero-order valence-electron chi connectivity index (χ0n) is 13.6. The highest BCUT2D eigenvalue weighted by atomic mass is 35.5. The molecular formula is C19H14ClFN2O2S. The number of rotatable bonds is 6. The molecule has 0 saturated heterocycles. The summed E-state index contributed by atoms with van der Waals surface area (Å²) in [5.74, 6) is -0.977. The van der Waals surface area contributed by atoms with Crippen molar-refractivity contribution in [2.24, 2.45) is 0 Å². The first-order valence-corrected chi connectivity index (χ1v) is 9.09. The van der Waals surface area contributed by atoms with Gasteiger partial charge in [-0.25, -0.2) is 9.37 Å². The molecule has 0 aliphatic rings. The van der Waals surface area contributed by atoms with E-state index in [2.05, 4.69) is 11.6 Å². The van der Waals surface area contributed by atoms with Crippen LogP contribution >= 0.6 is 23.4 Å². The van der Waals surface area contributed by atoms with E-state index in [9.17, 15) is 14.0 Å². The van der Waals surface area contributed by atoms with Crippen LogP contribution in [0.25, 0.3) is 10.9 Å². The maximum Gasteiger partial charge on any atom is 0.262 e. The normalized spacial score (nSPS) is 10.8. The number of halogens is 2. The van der Waals surface area contributed by atoms with E-state index < -0.39 is 5.82 Å². The average Bonchev–Trinajstić information content (AvgIpc) is 2.63. The molecule has 0 bridgehead atoms. The summed E-state index contributed by atoms with van der Waals surface area (Å²) in [5.41, 5.74) is 0.240. The van der Waals surface area contributed by atoms with Gasteiger partial charge in [0.25, 0.3) is 5.56 Å². The summed E-state index contributed by atoms with van der Waals surface area (Å²) in [5, 5.41) is 1.20. The van der Waals surface area contributed by atoms with Crippen molar-refractivity contribution in [3.8, 4) is 0 Å². The van der Waals surface area contributed by atoms with Gasteiger partial charge in [-0.15, -0.1) is 6.58 Å². The molecule has 0 saturated carbocycles. The average molecular weight is 389 g/mol. The molecule has 3 aromatic rings. The Morgan fingerprint density at radius 1 is 1.31 bits per heavy atom. The molecule has 0 unspecified atom stereocenters. The SMILES string of the molecule is C=CCn1c(SCC(=O)c2ccccc2F)nc2ccc(Cl)cc2c1=O. The van der Waals surface area contributed by atoms with Gasteiger partial charge in [-0.05, 0) is 30.3 Å². The van der Waals surface area contributed by atoms with E-state index >= 15 is 0 Å². The second kappa shape index (κ2) is 7.85. The molecule has 0 fully saturated rings. The third-order valence-electron chi connectivity index (χ3n) is 3.70. The Bertz CT molecular complexity index is 1070. The minimum absolute atomic E-state index is 0.0187. The summed E-state index contributed by atoms with van der Waals surface area (Å²) in [6.45, 7) is 3.89. The monoisotopic (exact) mass is 388 g/mol. The quantitative estimate of drug-likeness (QED) is 0.272. The van der Waals surface area contributed by atoms with E-state index in [0.29, 0.717) is 21.1 Å². The summed E-state index contributed by atoms with van der Waals surface area (Å²) >= 11 is 7.05. The molecule has 0 N–H and O–H groups in total. The fraction of sp³-hybridized carbons (Fsp3) is 0.105. The predicted octanol–water partition coefficient (Wildman–Crippen LogP) is 4.35. The van der Waals surface area contributed by atoms with Gasteiger partial charge < -0.3 is 0 Å². The second-order valence-corrected chi connectivity index (χ2v) is 6.83. The van der Waals surface area contributed by atoms with Crippen molar-refractivity contribution in [1.82, 2.24) is 9.55 Å². The van der Waals surface area contributed by atoms with Crippen molar-refractivity contribution < 1.29 is 9.18 Å². The summed E-state index contributed by atoms with van der Waals surface area (Å²) in [7, 11) is 0. The number of hydrogen-bond acceptors (Lipinski definition) is 4. The lowest BCUT2D eigenvalue weighted by Crippen LogP contribution is -2.23. The Morgan fingerprint density at radius 3 is 2.81 bits per heavy atom. The molecule has 1 aromatic heterocycles. The van der Waals surface area contributed by atoms with Gasteiger partial charge in [-0.2, -0.15) is 0 Å². The van der Waals surface area contributed by atoms with Crippen LogP contribution in [0.1, 0.15) is 10.4 Å². The Labute approximate surface area is 158 Å². The molecule has 0 atom stereocenters. The number of fused-ring (bicyclic) bond motifs is 1. The molecule has 4 nitrogen and oxygen atoms in total. The summed E-state index contributed by atoms with van der Waals surface area (Å²) in [6, 6.07) is 10.7. The molecule has 0 aliphatic carbocycles. The molecule has 1 heterocycles. The van der Waals surface area contributed by atoms with Crippen LogP contribution in [0.2, 0.25) is 5.02 Å². The van der Waals surface area contributed by atoms with Crippen molar-refractivity contribution in [1.29, 1.82) is 0 Å². The zero-order valence-corrected chi connectivity index (χ0v) is 15.2. The zero-order chi connectivity index (χ0) is 18.7. The molecule has 3 rings (SSSR count). The maximum atomic E-state index is 13.7. The summed E-state index contributed by atoms with van der Waals surface area (Å²) < 4.78 is 15.2. The third-order valence-corrected chi connectivity index (χ3v) is 4.91. The van der Waals surface area contributed by atoms with E-state index in [0.717, 1.165) is 11.8 Å². The van der Waals surface area contributed by atoms with Crippen molar-refractivity contribution >= 4 is 40.0 Å². The van der Waals surface area contributed by atoms with E-state index in [1.165, 1.54) is 22.8 Å². The highest BCUT2D eigenvalue weighted by molar-refractivity contribution is 7.99. The Kier molecular flexibility index (Phi) is 5.54. The number of allylic oxidation sites excluding steroid dienone is 1. The van der Waals surface area contributed by atoms with Crippen LogP contribution in [-0.2, 0) is 6.54 Å². The summed E-state index contributed by atoms with van der Waals surface area (Å²) in [6.07, 6.45) is 1.57. The van der Waals surface area contributed by atoms with Gasteiger partial charge in [-0.1, -0.05) is 41.6 Å². The Morgan fingerprint density at radius 2 is 2.08 bits per heavy atom. The number of thioether (sulfide) groups is 1. The smallest absolute Gasteiger partial charge is 0.262 e. The van der Waals surface area contributed by atoms with Gasteiger partial charge in [-0.3, -0.25) is 14.2 Å². The number of carbonyl (C=O) groups is 1. The largest absolute Gasteiger partial charge is 0.293 e. The number of carbonyl (C=O) groups excluding carboxylic acids is 1. The van der Waals surface area contributed by atoms with Gasteiger partial charge >= 0.3 is 0 Å². The topological polar surface area (TPSA) is 52.0 Å². The molecule has 0 amide bonds. The molecule has 7 heteroatoms. The van der Waals surface area contributed by atoms with E-state index in [1.54, 1.807) is 30.3 Å². The number of aromatic nitrogens is 2. The van der Waals surface area contributed by atoms with Crippen molar-refractivity contribution in [3.63, 3.8) is 0 Å². The first kappa shape index (κ1) is 18.4. The Balaban J connectivity index is 1.96. The number of hydrogen-bond donors (Lipinski definition) is 0. The van der Waals surface area contributed by atoms with Crippen molar-refractivity contribution in [2.45, 2.75) is 11.7 Å². The minimum atomic E-state index is -0.567. The molecular weight excluding hydrogens is 375 g/mol. The molecule has 0 spiro atoms. The van der Waals surface area contributed by atoms with Gasteiger partial charge in [0, 0.05) is 11.6 Å². The van der Waals surface area contributed by atoms with Crippen LogP contribution in [-0.4, -0.2) is 21.1 Å². The second-order valence-electron chi connectivity index (χ2n) is 5.45. The number of ketones is 1. The lowest BCUT2D eigenvalue weighted by atomic mass is 10.1. The molecule has 26 heavy (non-hydrogen) atoms. The Hall–Kier alpha value is -2.44. The highest BCUT2D eigenvalue weighted by Crippen LogP contribution is 2.21. The first-order valence-electron chi connectivity index (χ1n) is 7.73. The van der Waals surface area contributed by atoms with Crippen LogP contribution in [0.4, 0.5) is 4.39 Å². The van der Waals surface area contributed by atoms with E-state index in [-0.39, 0.29) is 29.2 Å². The van der Waals surface area contributed by atoms with Crippen LogP contribution in [0.15, 0.2) is 65.1 Å². The molecule has 2 aromatic carbocycles. The lowest BCUT2D eigenvalue weighted by Gasteiger charge is -2.11. The predicted molar refractivity (Wildman–Crippen MR) is 103 cm³/mol. The lowest BCUT2D eigenvalue weighted by molar-refractivity contribution is 0.101. The van der Waals surface area contributed by atoms with Crippen LogP contribution in [0, 0.1) is 5.82 Å². The van der Waals surface area contributed by atoms with Crippen LogP contribution in [0.3, 0.4) is 0 Å². The molecule has 0 radical (unpaired) electrons. The van der Waals surface area contributed by atoms with Gasteiger partial charge in [0.05, 0.1) is 22.2 Å².